The molecule has 1 atom stereocenters. The van der Waals surface area contributed by atoms with Crippen molar-refractivity contribution in [3.05, 3.63) is 39.4 Å². The van der Waals surface area contributed by atoms with Gasteiger partial charge in [-0.3, -0.25) is 9.69 Å². The van der Waals surface area contributed by atoms with Gasteiger partial charge in [0, 0.05) is 29.6 Å². The molecule has 5 nitrogen and oxygen atoms in total. The number of amides is 1. The fourth-order valence-electron chi connectivity index (χ4n) is 3.76. The molecule has 1 aliphatic carbocycles. The van der Waals surface area contributed by atoms with Gasteiger partial charge in [-0.2, -0.15) is 0 Å². The van der Waals surface area contributed by atoms with Crippen molar-refractivity contribution < 1.29 is 9.32 Å². The van der Waals surface area contributed by atoms with Crippen LogP contribution in [0.15, 0.2) is 22.0 Å². The Morgan fingerprint density at radius 3 is 3.17 bits per heavy atom. The predicted octanol–water partition coefficient (Wildman–Crippen LogP) is 3.01. The molecular formula is C18H23N3O2S. The quantitative estimate of drug-likeness (QED) is 0.925. The molecule has 3 heterocycles. The van der Waals surface area contributed by atoms with Crippen LogP contribution in [0.4, 0.5) is 0 Å². The summed E-state index contributed by atoms with van der Waals surface area (Å²) in [6.45, 7) is 2.98. The molecule has 24 heavy (non-hydrogen) atoms. The minimum atomic E-state index is -0.0892. The number of likely N-dealkylation sites (tertiary alicyclic amines) is 1. The number of hydrogen-bond donors (Lipinski definition) is 1. The Labute approximate surface area is 146 Å². The van der Waals surface area contributed by atoms with Gasteiger partial charge < -0.3 is 9.84 Å². The van der Waals surface area contributed by atoms with E-state index < -0.39 is 0 Å². The summed E-state index contributed by atoms with van der Waals surface area (Å²) in [5.41, 5.74) is 2.01. The smallest absolute Gasteiger partial charge is 0.290 e. The summed E-state index contributed by atoms with van der Waals surface area (Å²) in [7, 11) is 0. The van der Waals surface area contributed by atoms with Gasteiger partial charge in [0.2, 0.25) is 5.76 Å². The van der Waals surface area contributed by atoms with Crippen LogP contribution in [0.1, 0.15) is 52.4 Å². The Morgan fingerprint density at radius 1 is 1.38 bits per heavy atom. The van der Waals surface area contributed by atoms with Crippen molar-refractivity contribution in [2.24, 2.45) is 0 Å². The van der Waals surface area contributed by atoms with Crippen LogP contribution in [0.3, 0.4) is 0 Å². The Hall–Kier alpha value is -1.66. The average molecular weight is 345 g/mol. The lowest BCUT2D eigenvalue weighted by atomic mass is 9.96. The second-order valence-electron chi connectivity index (χ2n) is 6.77. The summed E-state index contributed by atoms with van der Waals surface area (Å²) in [6.07, 6.45) is 6.25. The van der Waals surface area contributed by atoms with Gasteiger partial charge in [-0.15, -0.1) is 11.3 Å². The van der Waals surface area contributed by atoms with E-state index in [0.717, 1.165) is 69.4 Å². The zero-order valence-electron chi connectivity index (χ0n) is 13.8. The molecule has 4 rings (SSSR count). The first-order chi connectivity index (χ1) is 11.8. The zero-order chi connectivity index (χ0) is 16.4. The first-order valence-electron chi connectivity index (χ1n) is 8.82. The molecule has 1 unspecified atom stereocenters. The van der Waals surface area contributed by atoms with E-state index in [0.29, 0.717) is 5.76 Å². The fourth-order valence-corrected chi connectivity index (χ4v) is 4.51. The number of carbonyl (C=O) groups is 1. The van der Waals surface area contributed by atoms with Crippen molar-refractivity contribution >= 4 is 17.2 Å². The second kappa shape index (κ2) is 7.07. The molecule has 0 radical (unpaired) electrons. The van der Waals surface area contributed by atoms with Crippen molar-refractivity contribution in [3.8, 4) is 0 Å². The Kier molecular flexibility index (Phi) is 4.67. The molecule has 0 aromatic carbocycles. The van der Waals surface area contributed by atoms with Crippen LogP contribution in [0, 0.1) is 0 Å². The number of aromatic nitrogens is 1. The van der Waals surface area contributed by atoms with Crippen molar-refractivity contribution in [2.75, 3.05) is 13.1 Å². The lowest BCUT2D eigenvalue weighted by Crippen LogP contribution is -2.47. The van der Waals surface area contributed by atoms with Crippen LogP contribution in [0.2, 0.25) is 0 Å². The molecular weight excluding hydrogens is 322 g/mol. The minimum absolute atomic E-state index is 0.0892. The molecule has 1 amide bonds. The van der Waals surface area contributed by atoms with Crippen LogP contribution >= 0.6 is 11.3 Å². The van der Waals surface area contributed by atoms with Crippen LogP contribution in [-0.4, -0.2) is 35.1 Å². The monoisotopic (exact) mass is 345 g/mol. The number of nitrogens with one attached hydrogen (secondary N) is 1. The summed E-state index contributed by atoms with van der Waals surface area (Å²) in [5, 5.41) is 9.38. The molecule has 0 spiro atoms. The van der Waals surface area contributed by atoms with E-state index in [1.165, 1.54) is 4.88 Å². The average Bonchev–Trinajstić information content (AvgIpc) is 3.24. The van der Waals surface area contributed by atoms with E-state index >= 15 is 0 Å². The third-order valence-corrected chi connectivity index (χ3v) is 5.83. The van der Waals surface area contributed by atoms with Crippen LogP contribution in [-0.2, 0) is 19.4 Å². The van der Waals surface area contributed by atoms with Crippen LogP contribution < -0.4 is 5.32 Å². The maximum atomic E-state index is 12.6. The number of hydrogen-bond acceptors (Lipinski definition) is 5. The third-order valence-electron chi connectivity index (χ3n) is 4.97. The highest BCUT2D eigenvalue weighted by Gasteiger charge is 2.27. The van der Waals surface area contributed by atoms with Gasteiger partial charge in [-0.05, 0) is 56.5 Å². The summed E-state index contributed by atoms with van der Waals surface area (Å²) >= 11 is 1.79. The second-order valence-corrected chi connectivity index (χ2v) is 7.80. The van der Waals surface area contributed by atoms with Crippen molar-refractivity contribution in [2.45, 2.75) is 51.1 Å². The molecule has 1 aliphatic heterocycles. The molecule has 1 N–H and O–H groups in total. The molecule has 6 heteroatoms. The lowest BCUT2D eigenvalue weighted by Gasteiger charge is -2.32. The number of thiophene rings is 1. The maximum Gasteiger partial charge on any atom is 0.290 e. The number of rotatable bonds is 4. The summed E-state index contributed by atoms with van der Waals surface area (Å²) in [5.74, 6) is 0.355. The van der Waals surface area contributed by atoms with Crippen molar-refractivity contribution in [3.63, 3.8) is 0 Å². The molecule has 2 aromatic rings. The maximum absolute atomic E-state index is 12.6. The highest BCUT2D eigenvalue weighted by atomic mass is 32.1. The largest absolute Gasteiger partial charge is 0.350 e. The fraction of sp³-hybridized carbons (Fsp3) is 0.556. The summed E-state index contributed by atoms with van der Waals surface area (Å²) < 4.78 is 5.36. The van der Waals surface area contributed by atoms with E-state index in [2.05, 4.69) is 32.9 Å². The van der Waals surface area contributed by atoms with Gasteiger partial charge in [0.05, 0.1) is 5.69 Å². The molecule has 0 bridgehead atoms. The molecule has 2 aliphatic rings. The zero-order valence-corrected chi connectivity index (χ0v) is 14.6. The van der Waals surface area contributed by atoms with Gasteiger partial charge in [0.1, 0.15) is 0 Å². The van der Waals surface area contributed by atoms with E-state index in [1.807, 2.05) is 0 Å². The van der Waals surface area contributed by atoms with Gasteiger partial charge in [0.25, 0.3) is 5.91 Å². The Morgan fingerprint density at radius 2 is 2.29 bits per heavy atom. The summed E-state index contributed by atoms with van der Waals surface area (Å²) in [6, 6.07) is 4.46. The number of aryl methyl sites for hydroxylation is 1. The lowest BCUT2D eigenvalue weighted by molar-refractivity contribution is 0.0863. The standard InChI is InChI=1S/C18H23N3O2S/c22-18(17-15-7-1-2-8-16(15)20-23-17)19-13-5-3-9-21(11-13)12-14-6-4-10-24-14/h4,6,10,13H,1-3,5,7-9,11-12H2,(H,19,22). The highest BCUT2D eigenvalue weighted by Crippen LogP contribution is 2.24. The van der Waals surface area contributed by atoms with Gasteiger partial charge in [-0.25, -0.2) is 0 Å². The van der Waals surface area contributed by atoms with Crippen LogP contribution in [0.25, 0.3) is 0 Å². The van der Waals surface area contributed by atoms with E-state index in [-0.39, 0.29) is 11.9 Å². The molecule has 1 fully saturated rings. The number of fused-ring (bicyclic) bond motifs is 1. The first kappa shape index (κ1) is 15.8. The summed E-state index contributed by atoms with van der Waals surface area (Å²) in [4.78, 5) is 16.4. The molecule has 2 aromatic heterocycles. The first-order valence-corrected chi connectivity index (χ1v) is 9.70. The number of piperidine rings is 1. The third kappa shape index (κ3) is 3.39. The van der Waals surface area contributed by atoms with Crippen LogP contribution in [0.5, 0.6) is 0 Å². The van der Waals surface area contributed by atoms with Crippen molar-refractivity contribution in [1.82, 2.24) is 15.4 Å². The van der Waals surface area contributed by atoms with E-state index in [4.69, 9.17) is 4.52 Å². The van der Waals surface area contributed by atoms with Crippen molar-refractivity contribution in [1.29, 1.82) is 0 Å². The normalized spacial score (nSPS) is 21.4. The van der Waals surface area contributed by atoms with Gasteiger partial charge in [-0.1, -0.05) is 11.2 Å². The molecule has 128 valence electrons. The highest BCUT2D eigenvalue weighted by molar-refractivity contribution is 7.09. The number of nitrogens with zero attached hydrogens (tertiary/aromatic N) is 2. The van der Waals surface area contributed by atoms with E-state index in [1.54, 1.807) is 11.3 Å². The topological polar surface area (TPSA) is 58.4 Å². The van der Waals surface area contributed by atoms with Gasteiger partial charge >= 0.3 is 0 Å². The Bertz CT molecular complexity index is 695. The number of carbonyl (C=O) groups excluding carboxylic acids is 1. The molecule has 0 saturated carbocycles. The minimum Gasteiger partial charge on any atom is -0.350 e. The Balaban J connectivity index is 1.37. The predicted molar refractivity (Wildman–Crippen MR) is 93.2 cm³/mol. The van der Waals surface area contributed by atoms with E-state index in [9.17, 15) is 4.79 Å². The SMILES string of the molecule is O=C(NC1CCCN(Cc2cccs2)C1)c1onc2c1CCCC2. The molecule has 1 saturated heterocycles. The van der Waals surface area contributed by atoms with Gasteiger partial charge in [0.15, 0.2) is 0 Å².